The minimum absolute atomic E-state index is 0.0457. The maximum Gasteiger partial charge on any atom is 0.273 e. The minimum Gasteiger partial charge on any atom is -0.396 e. The van der Waals surface area contributed by atoms with Crippen LogP contribution in [0.5, 0.6) is 0 Å². The van der Waals surface area contributed by atoms with Crippen LogP contribution in [0.4, 0.5) is 0 Å². The summed E-state index contributed by atoms with van der Waals surface area (Å²) < 4.78 is 6.25. The Hall–Kier alpha value is -1.80. The fourth-order valence-corrected chi connectivity index (χ4v) is 5.48. The molecule has 0 aliphatic carbocycles. The Balaban J connectivity index is 1.33. The number of nitrogens with zero attached hydrogens (tertiary/aromatic N) is 3. The fourth-order valence-electron chi connectivity index (χ4n) is 4.61. The summed E-state index contributed by atoms with van der Waals surface area (Å²) in [4.78, 5) is 22.0. The summed E-state index contributed by atoms with van der Waals surface area (Å²) in [5.74, 6) is 0.0457. The number of aromatic nitrogens is 1. The van der Waals surface area contributed by atoms with Crippen LogP contribution in [0.25, 0.3) is 0 Å². The van der Waals surface area contributed by atoms with Gasteiger partial charge in [0.1, 0.15) is 5.69 Å². The zero-order valence-electron chi connectivity index (χ0n) is 18.4. The maximum absolute atomic E-state index is 13.0. The number of hydrogen-bond donors (Lipinski definition) is 1. The molecular formula is C24H33N3O3S. The molecule has 2 fully saturated rings. The number of aryl methyl sites for hydroxylation is 1. The number of carbonyl (C=O) groups is 1. The van der Waals surface area contributed by atoms with Crippen molar-refractivity contribution < 1.29 is 14.6 Å². The Kier molecular flexibility index (Phi) is 7.38. The van der Waals surface area contributed by atoms with Gasteiger partial charge in [-0.1, -0.05) is 31.2 Å². The van der Waals surface area contributed by atoms with Gasteiger partial charge in [-0.3, -0.25) is 9.69 Å². The van der Waals surface area contributed by atoms with Crippen molar-refractivity contribution in [3.63, 3.8) is 0 Å². The second kappa shape index (κ2) is 10.2. The quantitative estimate of drug-likeness (QED) is 0.712. The highest BCUT2D eigenvalue weighted by molar-refractivity contribution is 7.09. The van der Waals surface area contributed by atoms with E-state index in [0.29, 0.717) is 31.8 Å². The summed E-state index contributed by atoms with van der Waals surface area (Å²) >= 11 is 1.59. The number of piperidine rings is 1. The summed E-state index contributed by atoms with van der Waals surface area (Å²) in [5.41, 5.74) is 2.83. The molecule has 0 saturated carbocycles. The standard InChI is InChI=1S/C24H33N3O3S/c1-2-4-22-25-21(17-31-22)23(29)27-12-14-30-24(18-27)8-10-26(11-9-24)16-20-6-3-5-19(15-20)7-13-28/h3,5-6,15,17,28H,2,4,7-14,16,18H2,1H3. The van der Waals surface area contributed by atoms with Gasteiger partial charge in [-0.15, -0.1) is 11.3 Å². The van der Waals surface area contributed by atoms with E-state index in [1.807, 2.05) is 10.3 Å². The van der Waals surface area contributed by atoms with Gasteiger partial charge in [0.2, 0.25) is 0 Å². The molecule has 2 aromatic rings. The lowest BCUT2D eigenvalue weighted by molar-refractivity contribution is -0.128. The summed E-state index contributed by atoms with van der Waals surface area (Å²) in [6.07, 6.45) is 4.55. The van der Waals surface area contributed by atoms with Crippen molar-refractivity contribution in [3.8, 4) is 0 Å². The number of aliphatic hydroxyl groups is 1. The van der Waals surface area contributed by atoms with Crippen molar-refractivity contribution >= 4 is 17.2 Å². The molecule has 0 unspecified atom stereocenters. The molecule has 1 N–H and O–H groups in total. The number of benzene rings is 1. The number of likely N-dealkylation sites (tertiary alicyclic amines) is 1. The van der Waals surface area contributed by atoms with Crippen LogP contribution >= 0.6 is 11.3 Å². The Morgan fingerprint density at radius 2 is 2.03 bits per heavy atom. The number of aliphatic hydroxyl groups excluding tert-OH is 1. The third-order valence-electron chi connectivity index (χ3n) is 6.34. The van der Waals surface area contributed by atoms with Crippen molar-refractivity contribution in [3.05, 3.63) is 51.5 Å². The van der Waals surface area contributed by atoms with Gasteiger partial charge in [0, 0.05) is 38.2 Å². The van der Waals surface area contributed by atoms with Crippen LogP contribution < -0.4 is 0 Å². The van der Waals surface area contributed by atoms with Crippen LogP contribution in [0.2, 0.25) is 0 Å². The van der Waals surface area contributed by atoms with E-state index in [-0.39, 0.29) is 18.1 Å². The minimum atomic E-state index is -0.231. The van der Waals surface area contributed by atoms with Crippen molar-refractivity contribution in [1.82, 2.24) is 14.8 Å². The SMILES string of the molecule is CCCc1nc(C(=O)N2CCOC3(CCN(Cc4cccc(CCO)c4)CC3)C2)cs1. The Morgan fingerprint density at radius 1 is 1.23 bits per heavy atom. The second-order valence-electron chi connectivity index (χ2n) is 8.70. The van der Waals surface area contributed by atoms with E-state index in [1.54, 1.807) is 11.3 Å². The van der Waals surface area contributed by atoms with Gasteiger partial charge in [-0.05, 0) is 43.2 Å². The lowest BCUT2D eigenvalue weighted by Gasteiger charge is -2.47. The molecule has 4 rings (SSSR count). The van der Waals surface area contributed by atoms with Crippen LogP contribution in [0.3, 0.4) is 0 Å². The highest BCUT2D eigenvalue weighted by Crippen LogP contribution is 2.31. The first-order chi connectivity index (χ1) is 15.1. The molecule has 1 amide bonds. The average Bonchev–Trinajstić information content (AvgIpc) is 3.25. The smallest absolute Gasteiger partial charge is 0.273 e. The normalized spacial score (nSPS) is 19.1. The van der Waals surface area contributed by atoms with Crippen LogP contribution in [-0.2, 0) is 24.1 Å². The van der Waals surface area contributed by atoms with Gasteiger partial charge in [0.25, 0.3) is 5.91 Å². The maximum atomic E-state index is 13.0. The molecule has 168 valence electrons. The van der Waals surface area contributed by atoms with Crippen LogP contribution in [0, 0.1) is 0 Å². The molecule has 31 heavy (non-hydrogen) atoms. The molecule has 0 bridgehead atoms. The first kappa shape index (κ1) is 22.4. The Morgan fingerprint density at radius 3 is 2.81 bits per heavy atom. The van der Waals surface area contributed by atoms with Gasteiger partial charge in [0.05, 0.1) is 23.8 Å². The van der Waals surface area contributed by atoms with Crippen LogP contribution in [0.1, 0.15) is 52.8 Å². The zero-order valence-corrected chi connectivity index (χ0v) is 19.2. The third kappa shape index (κ3) is 5.52. The Bertz CT molecular complexity index is 876. The van der Waals surface area contributed by atoms with E-state index in [1.165, 1.54) is 11.1 Å². The highest BCUT2D eigenvalue weighted by atomic mass is 32.1. The summed E-state index contributed by atoms with van der Waals surface area (Å²) in [6, 6.07) is 8.49. The molecule has 1 spiro atoms. The van der Waals surface area contributed by atoms with E-state index < -0.39 is 0 Å². The first-order valence-corrected chi connectivity index (χ1v) is 12.3. The van der Waals surface area contributed by atoms with Crippen LogP contribution in [0.15, 0.2) is 29.6 Å². The van der Waals surface area contributed by atoms with E-state index >= 15 is 0 Å². The number of carbonyl (C=O) groups excluding carboxylic acids is 1. The van der Waals surface area contributed by atoms with Gasteiger partial charge >= 0.3 is 0 Å². The fraction of sp³-hybridized carbons (Fsp3) is 0.583. The van der Waals surface area contributed by atoms with E-state index in [4.69, 9.17) is 4.74 Å². The summed E-state index contributed by atoms with van der Waals surface area (Å²) in [7, 11) is 0. The summed E-state index contributed by atoms with van der Waals surface area (Å²) in [5, 5.41) is 12.1. The monoisotopic (exact) mass is 443 g/mol. The number of ether oxygens (including phenoxy) is 1. The molecule has 2 saturated heterocycles. The Labute approximate surface area is 188 Å². The second-order valence-corrected chi connectivity index (χ2v) is 9.65. The molecule has 7 heteroatoms. The molecule has 1 aromatic heterocycles. The van der Waals surface area contributed by atoms with Crippen molar-refractivity contribution in [2.45, 2.75) is 51.2 Å². The molecule has 0 radical (unpaired) electrons. The zero-order chi connectivity index (χ0) is 21.7. The molecule has 2 aliphatic heterocycles. The topological polar surface area (TPSA) is 65.9 Å². The number of rotatable bonds is 7. The van der Waals surface area contributed by atoms with Gasteiger partial charge in [-0.25, -0.2) is 4.98 Å². The van der Waals surface area contributed by atoms with Crippen LogP contribution in [-0.4, -0.2) is 70.8 Å². The van der Waals surface area contributed by atoms with Gasteiger partial charge < -0.3 is 14.7 Å². The molecule has 0 atom stereocenters. The van der Waals surface area contributed by atoms with E-state index in [0.717, 1.165) is 50.3 Å². The number of amides is 1. The molecular weight excluding hydrogens is 410 g/mol. The third-order valence-corrected chi connectivity index (χ3v) is 7.24. The first-order valence-electron chi connectivity index (χ1n) is 11.4. The summed E-state index contributed by atoms with van der Waals surface area (Å²) in [6.45, 7) is 7.05. The van der Waals surface area contributed by atoms with Crippen molar-refractivity contribution in [1.29, 1.82) is 0 Å². The number of thiazole rings is 1. The average molecular weight is 444 g/mol. The number of morpholine rings is 1. The van der Waals surface area contributed by atoms with E-state index in [2.05, 4.69) is 41.1 Å². The highest BCUT2D eigenvalue weighted by Gasteiger charge is 2.41. The van der Waals surface area contributed by atoms with Gasteiger partial charge in [0.15, 0.2) is 0 Å². The predicted molar refractivity (Wildman–Crippen MR) is 122 cm³/mol. The van der Waals surface area contributed by atoms with E-state index in [9.17, 15) is 9.90 Å². The number of hydrogen-bond acceptors (Lipinski definition) is 6. The molecule has 6 nitrogen and oxygen atoms in total. The largest absolute Gasteiger partial charge is 0.396 e. The molecule has 3 heterocycles. The van der Waals surface area contributed by atoms with Gasteiger partial charge in [-0.2, -0.15) is 0 Å². The lowest BCUT2D eigenvalue weighted by Crippen LogP contribution is -2.58. The molecule has 1 aromatic carbocycles. The molecule has 2 aliphatic rings. The van der Waals surface area contributed by atoms with Crippen molar-refractivity contribution in [2.75, 3.05) is 39.4 Å². The lowest BCUT2D eigenvalue weighted by atomic mass is 9.89. The predicted octanol–water partition coefficient (Wildman–Crippen LogP) is 3.14. The van der Waals surface area contributed by atoms with Crippen molar-refractivity contribution in [2.24, 2.45) is 0 Å².